The highest BCUT2D eigenvalue weighted by Crippen LogP contribution is 2.31. The molecule has 0 radical (unpaired) electrons. The molecular weight excluding hydrogens is 287 g/mol. The van der Waals surface area contributed by atoms with Gasteiger partial charge in [0.2, 0.25) is 5.91 Å². The molecule has 1 unspecified atom stereocenters. The molecule has 0 heterocycles. The van der Waals surface area contributed by atoms with Gasteiger partial charge >= 0.3 is 0 Å². The Morgan fingerprint density at radius 3 is 2.84 bits per heavy atom. The van der Waals surface area contributed by atoms with E-state index in [9.17, 15) is 4.79 Å². The van der Waals surface area contributed by atoms with Crippen molar-refractivity contribution in [1.82, 2.24) is 10.6 Å². The minimum absolute atomic E-state index is 0.00450. The number of halogens is 2. The van der Waals surface area contributed by atoms with Crippen molar-refractivity contribution in [3.8, 4) is 5.75 Å². The number of benzene rings is 1. The molecule has 0 saturated heterocycles. The van der Waals surface area contributed by atoms with Crippen LogP contribution in [0.5, 0.6) is 5.75 Å². The minimum atomic E-state index is -0.0697. The van der Waals surface area contributed by atoms with Gasteiger partial charge in [0, 0.05) is 12.5 Å². The Morgan fingerprint density at radius 1 is 1.42 bits per heavy atom. The van der Waals surface area contributed by atoms with Crippen LogP contribution >= 0.6 is 23.2 Å². The molecule has 0 aliphatic rings. The number of rotatable bonds is 7. The zero-order valence-corrected chi connectivity index (χ0v) is 12.5. The van der Waals surface area contributed by atoms with Crippen molar-refractivity contribution in [2.45, 2.75) is 6.92 Å². The van der Waals surface area contributed by atoms with Gasteiger partial charge in [-0.1, -0.05) is 36.2 Å². The predicted octanol–water partition coefficient (Wildman–Crippen LogP) is 2.34. The highest BCUT2D eigenvalue weighted by Gasteiger charge is 2.11. The fraction of sp³-hybridized carbons (Fsp3) is 0.462. The van der Waals surface area contributed by atoms with Gasteiger partial charge in [-0.05, 0) is 19.2 Å². The standard InChI is InChI=1S/C13H18Cl2N2O2/c1-9(8-16-2)13(18)17-6-7-19-11-5-3-4-10(14)12(11)15/h3-5,9,16H,6-8H2,1-2H3,(H,17,18). The van der Waals surface area contributed by atoms with Crippen molar-refractivity contribution in [2.24, 2.45) is 5.92 Å². The first-order chi connectivity index (χ1) is 9.06. The zero-order valence-electron chi connectivity index (χ0n) is 11.0. The van der Waals surface area contributed by atoms with Gasteiger partial charge in [0.15, 0.2) is 0 Å². The topological polar surface area (TPSA) is 50.4 Å². The van der Waals surface area contributed by atoms with Crippen LogP contribution in [-0.4, -0.2) is 32.7 Å². The molecule has 1 aromatic rings. The van der Waals surface area contributed by atoms with Crippen molar-refractivity contribution >= 4 is 29.1 Å². The smallest absolute Gasteiger partial charge is 0.224 e. The molecule has 0 aliphatic carbocycles. The number of amides is 1. The second kappa shape index (κ2) is 8.25. The van der Waals surface area contributed by atoms with Crippen LogP contribution in [0.15, 0.2) is 18.2 Å². The maximum absolute atomic E-state index is 11.6. The number of hydrogen-bond acceptors (Lipinski definition) is 3. The third kappa shape index (κ3) is 5.27. The van der Waals surface area contributed by atoms with Gasteiger partial charge in [0.1, 0.15) is 17.4 Å². The highest BCUT2D eigenvalue weighted by atomic mass is 35.5. The van der Waals surface area contributed by atoms with E-state index >= 15 is 0 Å². The van der Waals surface area contributed by atoms with E-state index in [1.807, 2.05) is 14.0 Å². The maximum atomic E-state index is 11.6. The van der Waals surface area contributed by atoms with Crippen LogP contribution in [0.4, 0.5) is 0 Å². The molecule has 0 aromatic heterocycles. The fourth-order valence-electron chi connectivity index (χ4n) is 1.50. The molecular formula is C13H18Cl2N2O2. The van der Waals surface area contributed by atoms with Gasteiger partial charge in [-0.25, -0.2) is 0 Å². The second-order valence-corrected chi connectivity index (χ2v) is 4.94. The van der Waals surface area contributed by atoms with E-state index in [-0.39, 0.29) is 11.8 Å². The van der Waals surface area contributed by atoms with E-state index in [0.29, 0.717) is 35.5 Å². The van der Waals surface area contributed by atoms with Crippen molar-refractivity contribution in [1.29, 1.82) is 0 Å². The first kappa shape index (κ1) is 16.1. The third-order valence-corrected chi connectivity index (χ3v) is 3.33. The lowest BCUT2D eigenvalue weighted by Crippen LogP contribution is -2.36. The van der Waals surface area contributed by atoms with E-state index in [1.54, 1.807) is 18.2 Å². The number of carbonyl (C=O) groups excluding carboxylic acids is 1. The lowest BCUT2D eigenvalue weighted by atomic mass is 10.1. The molecule has 0 aliphatic heterocycles. The summed E-state index contributed by atoms with van der Waals surface area (Å²) < 4.78 is 5.46. The average Bonchev–Trinajstić information content (AvgIpc) is 2.39. The Morgan fingerprint density at radius 2 is 2.16 bits per heavy atom. The molecule has 2 N–H and O–H groups in total. The summed E-state index contributed by atoms with van der Waals surface area (Å²) in [5, 5.41) is 6.58. The summed E-state index contributed by atoms with van der Waals surface area (Å²) in [5.41, 5.74) is 0. The van der Waals surface area contributed by atoms with Crippen LogP contribution in [-0.2, 0) is 4.79 Å². The molecule has 1 atom stereocenters. The monoisotopic (exact) mass is 304 g/mol. The van der Waals surface area contributed by atoms with Crippen LogP contribution < -0.4 is 15.4 Å². The third-order valence-electron chi connectivity index (χ3n) is 2.53. The van der Waals surface area contributed by atoms with Crippen molar-refractivity contribution in [3.63, 3.8) is 0 Å². The summed E-state index contributed by atoms with van der Waals surface area (Å²) in [6, 6.07) is 5.19. The first-order valence-corrected chi connectivity index (χ1v) is 6.81. The molecule has 1 amide bonds. The number of hydrogen-bond donors (Lipinski definition) is 2. The van der Waals surface area contributed by atoms with E-state index in [1.165, 1.54) is 0 Å². The molecule has 0 saturated carbocycles. The van der Waals surface area contributed by atoms with Gasteiger partial charge in [-0.2, -0.15) is 0 Å². The van der Waals surface area contributed by atoms with Crippen LogP contribution in [0.2, 0.25) is 10.0 Å². The normalized spacial score (nSPS) is 12.0. The van der Waals surface area contributed by atoms with Crippen molar-refractivity contribution in [2.75, 3.05) is 26.7 Å². The Balaban J connectivity index is 2.31. The summed E-state index contributed by atoms with van der Waals surface area (Å²) in [6.07, 6.45) is 0. The highest BCUT2D eigenvalue weighted by molar-refractivity contribution is 6.42. The molecule has 4 nitrogen and oxygen atoms in total. The molecule has 0 fully saturated rings. The molecule has 0 spiro atoms. The summed E-state index contributed by atoms with van der Waals surface area (Å²) in [6.45, 7) is 3.28. The van der Waals surface area contributed by atoms with Crippen molar-refractivity contribution < 1.29 is 9.53 Å². The van der Waals surface area contributed by atoms with Gasteiger partial charge in [0.05, 0.1) is 11.6 Å². The summed E-state index contributed by atoms with van der Waals surface area (Å²) in [4.78, 5) is 11.6. The van der Waals surface area contributed by atoms with Crippen LogP contribution in [0.3, 0.4) is 0 Å². The Kier molecular flexibility index (Phi) is 6.99. The van der Waals surface area contributed by atoms with E-state index in [2.05, 4.69) is 10.6 Å². The zero-order chi connectivity index (χ0) is 14.3. The van der Waals surface area contributed by atoms with Crippen LogP contribution in [0.25, 0.3) is 0 Å². The van der Waals surface area contributed by atoms with E-state index < -0.39 is 0 Å². The Labute approximate surface area is 123 Å². The van der Waals surface area contributed by atoms with Crippen LogP contribution in [0.1, 0.15) is 6.92 Å². The van der Waals surface area contributed by atoms with Gasteiger partial charge in [-0.15, -0.1) is 0 Å². The minimum Gasteiger partial charge on any atom is -0.490 e. The number of carbonyl (C=O) groups is 1. The maximum Gasteiger partial charge on any atom is 0.224 e. The largest absolute Gasteiger partial charge is 0.490 e. The van der Waals surface area contributed by atoms with Gasteiger partial charge in [0.25, 0.3) is 0 Å². The summed E-state index contributed by atoms with van der Waals surface area (Å²) in [7, 11) is 1.81. The molecule has 6 heteroatoms. The van der Waals surface area contributed by atoms with E-state index in [0.717, 1.165) is 0 Å². The van der Waals surface area contributed by atoms with Crippen LogP contribution in [0, 0.1) is 5.92 Å². The van der Waals surface area contributed by atoms with E-state index in [4.69, 9.17) is 27.9 Å². The molecule has 1 aromatic carbocycles. The lowest BCUT2D eigenvalue weighted by Gasteiger charge is -2.12. The molecule has 0 bridgehead atoms. The van der Waals surface area contributed by atoms with Crippen molar-refractivity contribution in [3.05, 3.63) is 28.2 Å². The summed E-state index contributed by atoms with van der Waals surface area (Å²) >= 11 is 11.8. The number of ether oxygens (including phenoxy) is 1. The average molecular weight is 305 g/mol. The molecule has 106 valence electrons. The fourth-order valence-corrected chi connectivity index (χ4v) is 1.85. The predicted molar refractivity (Wildman–Crippen MR) is 78.1 cm³/mol. The van der Waals surface area contributed by atoms with Gasteiger partial charge in [-0.3, -0.25) is 4.79 Å². The Hall–Kier alpha value is -0.970. The SMILES string of the molecule is CNCC(C)C(=O)NCCOc1cccc(Cl)c1Cl. The summed E-state index contributed by atoms with van der Waals surface area (Å²) in [5.74, 6) is 0.446. The number of nitrogens with one attached hydrogen (secondary N) is 2. The first-order valence-electron chi connectivity index (χ1n) is 6.05. The Bertz CT molecular complexity index is 427. The molecule has 1 rings (SSSR count). The quantitative estimate of drug-likeness (QED) is 0.760. The lowest BCUT2D eigenvalue weighted by molar-refractivity contribution is -0.124. The second-order valence-electron chi connectivity index (χ2n) is 4.15. The van der Waals surface area contributed by atoms with Gasteiger partial charge < -0.3 is 15.4 Å². The molecule has 19 heavy (non-hydrogen) atoms.